The number of hydrogen-bond acceptors (Lipinski definition) is 3. The fraction of sp³-hybridized carbons (Fsp3) is 0.647. The lowest BCUT2D eigenvalue weighted by atomic mass is 9.98. The number of thioether (sulfide) groups is 2. The first-order chi connectivity index (χ1) is 9.76. The Bertz CT molecular complexity index is 408. The van der Waals surface area contributed by atoms with Gasteiger partial charge in [0, 0.05) is 28.0 Å². The Morgan fingerprint density at radius 1 is 1.25 bits per heavy atom. The average Bonchev–Trinajstić information content (AvgIpc) is 2.48. The van der Waals surface area contributed by atoms with E-state index in [-0.39, 0.29) is 0 Å². The van der Waals surface area contributed by atoms with E-state index < -0.39 is 0 Å². The van der Waals surface area contributed by atoms with Crippen LogP contribution < -0.4 is 5.32 Å². The second-order valence-electron chi connectivity index (χ2n) is 5.50. The van der Waals surface area contributed by atoms with Gasteiger partial charge in [0.15, 0.2) is 0 Å². The van der Waals surface area contributed by atoms with Crippen LogP contribution in [-0.4, -0.2) is 28.6 Å². The summed E-state index contributed by atoms with van der Waals surface area (Å²) in [5, 5.41) is 5.29. The summed E-state index contributed by atoms with van der Waals surface area (Å²) in [7, 11) is 0. The molecule has 1 aromatic rings. The van der Waals surface area contributed by atoms with Gasteiger partial charge in [0.2, 0.25) is 0 Å². The summed E-state index contributed by atoms with van der Waals surface area (Å²) in [5.41, 5.74) is 2.84. The second-order valence-corrected chi connectivity index (χ2v) is 8.13. The first kappa shape index (κ1) is 16.3. The quantitative estimate of drug-likeness (QED) is 0.820. The second kappa shape index (κ2) is 8.35. The van der Waals surface area contributed by atoms with Gasteiger partial charge in [0.1, 0.15) is 0 Å². The molecule has 1 nitrogen and oxygen atoms in total. The Labute approximate surface area is 132 Å². The molecule has 1 aliphatic rings. The van der Waals surface area contributed by atoms with Crippen LogP contribution in [0.4, 0.5) is 0 Å². The number of rotatable bonds is 6. The minimum absolute atomic E-state index is 0.498. The van der Waals surface area contributed by atoms with Crippen LogP contribution in [0, 0.1) is 6.92 Å². The van der Waals surface area contributed by atoms with E-state index in [0.29, 0.717) is 11.3 Å². The third kappa shape index (κ3) is 4.19. The summed E-state index contributed by atoms with van der Waals surface area (Å²) in [5.74, 6) is 2.61. The molecule has 1 heterocycles. The minimum atomic E-state index is 0.498. The van der Waals surface area contributed by atoms with Gasteiger partial charge in [-0.2, -0.15) is 23.5 Å². The van der Waals surface area contributed by atoms with E-state index in [9.17, 15) is 0 Å². The molecule has 2 rings (SSSR count). The lowest BCUT2D eigenvalue weighted by Crippen LogP contribution is -2.39. The maximum atomic E-state index is 3.81. The highest BCUT2D eigenvalue weighted by Gasteiger charge is 2.32. The molecule has 1 fully saturated rings. The third-order valence-electron chi connectivity index (χ3n) is 3.84. The monoisotopic (exact) mass is 309 g/mol. The molecule has 0 amide bonds. The van der Waals surface area contributed by atoms with Crippen molar-refractivity contribution in [1.82, 2.24) is 5.32 Å². The predicted octanol–water partition coefficient (Wildman–Crippen LogP) is 4.66. The van der Waals surface area contributed by atoms with E-state index in [1.807, 2.05) is 0 Å². The van der Waals surface area contributed by atoms with E-state index in [1.165, 1.54) is 35.5 Å². The van der Waals surface area contributed by atoms with Crippen LogP contribution in [-0.2, 0) is 0 Å². The molecule has 0 spiro atoms. The number of aryl methyl sites for hydroxylation is 1. The zero-order chi connectivity index (χ0) is 14.4. The SMILES string of the molecule is CCCNC(c1cccc(C)c1)C1SCCSC1CC. The van der Waals surface area contributed by atoms with Gasteiger partial charge in [-0.25, -0.2) is 0 Å². The normalized spacial score (nSPS) is 24.6. The summed E-state index contributed by atoms with van der Waals surface area (Å²) >= 11 is 4.34. The molecule has 3 atom stereocenters. The summed E-state index contributed by atoms with van der Waals surface area (Å²) in [6.07, 6.45) is 2.47. The minimum Gasteiger partial charge on any atom is -0.309 e. The Balaban J connectivity index is 2.21. The van der Waals surface area contributed by atoms with Crippen LogP contribution in [0.2, 0.25) is 0 Å². The molecule has 0 aliphatic carbocycles. The average molecular weight is 310 g/mol. The van der Waals surface area contributed by atoms with Crippen molar-refractivity contribution in [3.63, 3.8) is 0 Å². The Morgan fingerprint density at radius 2 is 2.05 bits per heavy atom. The van der Waals surface area contributed by atoms with Crippen molar-refractivity contribution in [2.24, 2.45) is 0 Å². The molecular formula is C17H27NS2. The highest BCUT2D eigenvalue weighted by molar-refractivity contribution is 8.07. The number of benzene rings is 1. The van der Waals surface area contributed by atoms with Crippen molar-refractivity contribution in [3.8, 4) is 0 Å². The molecular weight excluding hydrogens is 282 g/mol. The van der Waals surface area contributed by atoms with Gasteiger partial charge in [-0.1, -0.05) is 43.7 Å². The summed E-state index contributed by atoms with van der Waals surface area (Å²) in [4.78, 5) is 0. The van der Waals surface area contributed by atoms with Crippen molar-refractivity contribution in [1.29, 1.82) is 0 Å². The van der Waals surface area contributed by atoms with Crippen molar-refractivity contribution in [2.75, 3.05) is 18.1 Å². The lowest BCUT2D eigenvalue weighted by Gasteiger charge is -2.37. The molecule has 20 heavy (non-hydrogen) atoms. The highest BCUT2D eigenvalue weighted by Crippen LogP contribution is 2.40. The molecule has 3 heteroatoms. The largest absolute Gasteiger partial charge is 0.309 e. The molecule has 0 aromatic heterocycles. The molecule has 1 aliphatic heterocycles. The van der Waals surface area contributed by atoms with Gasteiger partial charge >= 0.3 is 0 Å². The first-order valence-electron chi connectivity index (χ1n) is 7.79. The maximum Gasteiger partial charge on any atom is 0.0451 e. The van der Waals surface area contributed by atoms with Crippen LogP contribution in [0.1, 0.15) is 43.9 Å². The van der Waals surface area contributed by atoms with Gasteiger partial charge < -0.3 is 5.32 Å². The molecule has 1 aromatic carbocycles. The van der Waals surface area contributed by atoms with Gasteiger partial charge in [0.05, 0.1) is 0 Å². The highest BCUT2D eigenvalue weighted by atomic mass is 32.2. The molecule has 1 N–H and O–H groups in total. The number of nitrogens with one attached hydrogen (secondary N) is 1. The van der Waals surface area contributed by atoms with Gasteiger partial charge in [-0.15, -0.1) is 0 Å². The summed E-state index contributed by atoms with van der Waals surface area (Å²) < 4.78 is 0. The Kier molecular flexibility index (Phi) is 6.79. The van der Waals surface area contributed by atoms with Crippen molar-refractivity contribution >= 4 is 23.5 Å². The van der Waals surface area contributed by atoms with Gasteiger partial charge in [0.25, 0.3) is 0 Å². The van der Waals surface area contributed by atoms with E-state index in [2.05, 4.69) is 73.9 Å². The zero-order valence-corrected chi connectivity index (χ0v) is 14.5. The third-order valence-corrected chi connectivity index (χ3v) is 7.19. The first-order valence-corrected chi connectivity index (χ1v) is 9.89. The van der Waals surface area contributed by atoms with Crippen LogP contribution in [0.25, 0.3) is 0 Å². The van der Waals surface area contributed by atoms with Gasteiger partial charge in [-0.05, 0) is 31.9 Å². The smallest absolute Gasteiger partial charge is 0.0451 e. The standard InChI is InChI=1S/C17H27NS2/c1-4-9-18-16(14-8-6-7-13(3)12-14)17-15(5-2)19-10-11-20-17/h6-8,12,15-18H,4-5,9-11H2,1-3H3. The Hall–Kier alpha value is -0.120. The molecule has 0 saturated carbocycles. The number of hydrogen-bond donors (Lipinski definition) is 1. The van der Waals surface area contributed by atoms with Crippen LogP contribution in [0.3, 0.4) is 0 Å². The Morgan fingerprint density at radius 3 is 2.75 bits per heavy atom. The maximum absolute atomic E-state index is 3.81. The zero-order valence-electron chi connectivity index (χ0n) is 12.9. The van der Waals surface area contributed by atoms with Crippen LogP contribution in [0.15, 0.2) is 24.3 Å². The summed E-state index contributed by atoms with van der Waals surface area (Å²) in [6, 6.07) is 9.55. The topological polar surface area (TPSA) is 12.0 Å². The van der Waals surface area contributed by atoms with Crippen molar-refractivity contribution in [2.45, 2.75) is 50.2 Å². The van der Waals surface area contributed by atoms with E-state index in [4.69, 9.17) is 0 Å². The fourth-order valence-electron chi connectivity index (χ4n) is 2.83. The van der Waals surface area contributed by atoms with E-state index >= 15 is 0 Å². The summed E-state index contributed by atoms with van der Waals surface area (Å²) in [6.45, 7) is 7.89. The van der Waals surface area contributed by atoms with E-state index in [1.54, 1.807) is 0 Å². The van der Waals surface area contributed by atoms with Crippen molar-refractivity contribution < 1.29 is 0 Å². The molecule has 1 saturated heterocycles. The molecule has 3 unspecified atom stereocenters. The molecule has 112 valence electrons. The predicted molar refractivity (Wildman–Crippen MR) is 95.0 cm³/mol. The molecule has 0 bridgehead atoms. The van der Waals surface area contributed by atoms with Gasteiger partial charge in [-0.3, -0.25) is 0 Å². The van der Waals surface area contributed by atoms with Crippen molar-refractivity contribution in [3.05, 3.63) is 35.4 Å². The lowest BCUT2D eigenvalue weighted by molar-refractivity contribution is 0.498. The van der Waals surface area contributed by atoms with Crippen LogP contribution in [0.5, 0.6) is 0 Å². The van der Waals surface area contributed by atoms with E-state index in [0.717, 1.165) is 11.8 Å². The fourth-order valence-corrected chi connectivity index (χ4v) is 6.09. The van der Waals surface area contributed by atoms with Crippen LogP contribution >= 0.6 is 23.5 Å². The molecule has 0 radical (unpaired) electrons.